The summed E-state index contributed by atoms with van der Waals surface area (Å²) >= 11 is 17.5. The van der Waals surface area contributed by atoms with Gasteiger partial charge in [0.2, 0.25) is 5.91 Å². The summed E-state index contributed by atoms with van der Waals surface area (Å²) in [6.45, 7) is 4.25. The van der Waals surface area contributed by atoms with E-state index in [1.54, 1.807) is 32.0 Å². The number of ether oxygens (including phenoxy) is 1. The summed E-state index contributed by atoms with van der Waals surface area (Å²) in [5.41, 5.74) is -0.588. The van der Waals surface area contributed by atoms with Gasteiger partial charge >= 0.3 is 0 Å². The standard InChI is InChI=1S/C13H16Cl3NO2/c1-13(2,8-14)12(18)17-5-6-19-11-7-9(15)3-4-10(11)16/h3-4,7H,5-6,8H2,1-2H3,(H,17,18). The van der Waals surface area contributed by atoms with Crippen LogP contribution in [0.5, 0.6) is 5.75 Å². The highest BCUT2D eigenvalue weighted by molar-refractivity contribution is 6.34. The highest BCUT2D eigenvalue weighted by Crippen LogP contribution is 2.27. The van der Waals surface area contributed by atoms with Gasteiger partial charge in [0.1, 0.15) is 12.4 Å². The molecule has 1 N–H and O–H groups in total. The van der Waals surface area contributed by atoms with Gasteiger partial charge in [0.25, 0.3) is 0 Å². The molecule has 0 bridgehead atoms. The second kappa shape index (κ2) is 7.22. The smallest absolute Gasteiger partial charge is 0.226 e. The zero-order valence-corrected chi connectivity index (χ0v) is 13.1. The van der Waals surface area contributed by atoms with Crippen molar-refractivity contribution in [3.63, 3.8) is 0 Å². The largest absolute Gasteiger partial charge is 0.490 e. The lowest BCUT2D eigenvalue weighted by Crippen LogP contribution is -2.39. The van der Waals surface area contributed by atoms with Crippen LogP contribution < -0.4 is 10.1 Å². The van der Waals surface area contributed by atoms with E-state index in [1.807, 2.05) is 0 Å². The van der Waals surface area contributed by atoms with Crippen molar-refractivity contribution in [2.24, 2.45) is 5.41 Å². The van der Waals surface area contributed by atoms with Crippen molar-refractivity contribution in [2.45, 2.75) is 13.8 Å². The summed E-state index contributed by atoms with van der Waals surface area (Å²) in [5, 5.41) is 3.78. The van der Waals surface area contributed by atoms with Gasteiger partial charge in [0.15, 0.2) is 0 Å². The van der Waals surface area contributed by atoms with Gasteiger partial charge in [-0.05, 0) is 26.0 Å². The number of benzene rings is 1. The lowest BCUT2D eigenvalue weighted by Gasteiger charge is -2.20. The lowest BCUT2D eigenvalue weighted by atomic mass is 9.95. The van der Waals surface area contributed by atoms with E-state index in [-0.39, 0.29) is 11.8 Å². The minimum absolute atomic E-state index is 0.108. The highest BCUT2D eigenvalue weighted by atomic mass is 35.5. The van der Waals surface area contributed by atoms with Crippen LogP contribution in [0.4, 0.5) is 0 Å². The van der Waals surface area contributed by atoms with Gasteiger partial charge in [-0.1, -0.05) is 23.2 Å². The van der Waals surface area contributed by atoms with Crippen molar-refractivity contribution in [1.29, 1.82) is 0 Å². The Labute approximate surface area is 128 Å². The van der Waals surface area contributed by atoms with Crippen molar-refractivity contribution in [1.82, 2.24) is 5.32 Å². The molecule has 0 aliphatic rings. The first kappa shape index (κ1) is 16.4. The van der Waals surface area contributed by atoms with Crippen LogP contribution in [-0.4, -0.2) is 24.9 Å². The summed E-state index contributed by atoms with van der Waals surface area (Å²) in [6, 6.07) is 4.98. The zero-order chi connectivity index (χ0) is 14.5. The Bertz CT molecular complexity index is 450. The molecule has 0 heterocycles. The number of nitrogens with one attached hydrogen (secondary N) is 1. The lowest BCUT2D eigenvalue weighted by molar-refractivity contribution is -0.128. The molecule has 0 radical (unpaired) electrons. The molecule has 1 aromatic rings. The van der Waals surface area contributed by atoms with E-state index in [0.29, 0.717) is 28.9 Å². The van der Waals surface area contributed by atoms with Crippen molar-refractivity contribution < 1.29 is 9.53 Å². The van der Waals surface area contributed by atoms with E-state index in [9.17, 15) is 4.79 Å². The molecule has 0 unspecified atom stereocenters. The number of halogens is 3. The Hall–Kier alpha value is -0.640. The topological polar surface area (TPSA) is 38.3 Å². The molecular formula is C13H16Cl3NO2. The second-order valence-corrected chi connectivity index (χ2v) is 5.81. The molecule has 0 saturated heterocycles. The Balaban J connectivity index is 2.39. The third kappa shape index (κ3) is 5.09. The van der Waals surface area contributed by atoms with Crippen LogP contribution in [0.25, 0.3) is 0 Å². The number of hydrogen-bond acceptors (Lipinski definition) is 2. The van der Waals surface area contributed by atoms with Gasteiger partial charge in [-0.25, -0.2) is 0 Å². The molecule has 1 rings (SSSR count). The number of amides is 1. The third-order valence-electron chi connectivity index (χ3n) is 2.49. The van der Waals surface area contributed by atoms with Crippen molar-refractivity contribution in [3.8, 4) is 5.75 Å². The molecule has 19 heavy (non-hydrogen) atoms. The summed E-state index contributed by atoms with van der Waals surface area (Å²) in [6.07, 6.45) is 0. The number of hydrogen-bond donors (Lipinski definition) is 1. The van der Waals surface area contributed by atoms with Crippen molar-refractivity contribution in [3.05, 3.63) is 28.2 Å². The molecule has 6 heteroatoms. The first-order valence-electron chi connectivity index (χ1n) is 5.79. The minimum atomic E-state index is -0.588. The first-order chi connectivity index (χ1) is 8.86. The van der Waals surface area contributed by atoms with Crippen LogP contribution in [0.15, 0.2) is 18.2 Å². The maximum absolute atomic E-state index is 11.7. The molecule has 0 atom stereocenters. The van der Waals surface area contributed by atoms with Gasteiger partial charge in [0.05, 0.1) is 17.0 Å². The van der Waals surface area contributed by atoms with Crippen molar-refractivity contribution >= 4 is 40.7 Å². The fourth-order valence-corrected chi connectivity index (χ4v) is 1.67. The first-order valence-corrected chi connectivity index (χ1v) is 7.08. The molecule has 0 aromatic heterocycles. The fraction of sp³-hybridized carbons (Fsp3) is 0.462. The minimum Gasteiger partial charge on any atom is -0.490 e. The summed E-state index contributed by atoms with van der Waals surface area (Å²) in [7, 11) is 0. The average molecular weight is 325 g/mol. The molecule has 3 nitrogen and oxygen atoms in total. The van der Waals surface area contributed by atoms with Crippen molar-refractivity contribution in [2.75, 3.05) is 19.0 Å². The number of alkyl halides is 1. The number of carbonyl (C=O) groups is 1. The number of rotatable bonds is 6. The van der Waals surface area contributed by atoms with E-state index in [2.05, 4.69) is 5.32 Å². The Kier molecular flexibility index (Phi) is 6.24. The average Bonchev–Trinajstić information content (AvgIpc) is 2.38. The van der Waals surface area contributed by atoms with Crippen LogP contribution in [0.2, 0.25) is 10.0 Å². The second-order valence-electron chi connectivity index (χ2n) is 4.70. The number of carbonyl (C=O) groups excluding carboxylic acids is 1. The van der Waals surface area contributed by atoms with Crippen LogP contribution in [-0.2, 0) is 4.79 Å². The predicted octanol–water partition coefficient (Wildman–Crippen LogP) is 3.75. The molecule has 0 aliphatic carbocycles. The normalized spacial score (nSPS) is 11.2. The van der Waals surface area contributed by atoms with Gasteiger partial charge in [-0.2, -0.15) is 0 Å². The molecule has 1 aromatic carbocycles. The summed E-state index contributed by atoms with van der Waals surface area (Å²) in [5.74, 6) is 0.656. The molecule has 0 aliphatic heterocycles. The quantitative estimate of drug-likeness (QED) is 0.639. The Morgan fingerprint density at radius 2 is 2.05 bits per heavy atom. The molecular weight excluding hydrogens is 309 g/mol. The Morgan fingerprint density at radius 3 is 2.68 bits per heavy atom. The SMILES string of the molecule is CC(C)(CCl)C(=O)NCCOc1cc(Cl)ccc1Cl. The fourth-order valence-electron chi connectivity index (χ4n) is 1.21. The highest BCUT2D eigenvalue weighted by Gasteiger charge is 2.25. The Morgan fingerprint density at radius 1 is 1.37 bits per heavy atom. The van der Waals surface area contributed by atoms with Gasteiger partial charge in [-0.15, -0.1) is 11.6 Å². The van der Waals surface area contributed by atoms with Gasteiger partial charge in [-0.3, -0.25) is 4.79 Å². The van der Waals surface area contributed by atoms with Gasteiger partial charge in [0, 0.05) is 17.0 Å². The van der Waals surface area contributed by atoms with Crippen LogP contribution in [0.1, 0.15) is 13.8 Å². The predicted molar refractivity (Wildman–Crippen MR) is 79.5 cm³/mol. The summed E-state index contributed by atoms with van der Waals surface area (Å²) < 4.78 is 5.45. The third-order valence-corrected chi connectivity index (χ3v) is 3.70. The maximum atomic E-state index is 11.7. The van der Waals surface area contributed by atoms with E-state index in [1.165, 1.54) is 0 Å². The molecule has 0 spiro atoms. The molecule has 0 saturated carbocycles. The van der Waals surface area contributed by atoms with Gasteiger partial charge < -0.3 is 10.1 Å². The van der Waals surface area contributed by atoms with E-state index in [0.717, 1.165) is 0 Å². The summed E-state index contributed by atoms with van der Waals surface area (Å²) in [4.78, 5) is 11.7. The maximum Gasteiger partial charge on any atom is 0.226 e. The van der Waals surface area contributed by atoms with E-state index >= 15 is 0 Å². The van der Waals surface area contributed by atoms with Crippen LogP contribution in [0.3, 0.4) is 0 Å². The molecule has 1 amide bonds. The van der Waals surface area contributed by atoms with Crippen LogP contribution in [0, 0.1) is 5.41 Å². The van der Waals surface area contributed by atoms with Crippen LogP contribution >= 0.6 is 34.8 Å². The van der Waals surface area contributed by atoms with E-state index in [4.69, 9.17) is 39.5 Å². The zero-order valence-electron chi connectivity index (χ0n) is 10.8. The molecule has 0 fully saturated rings. The molecule has 106 valence electrons. The van der Waals surface area contributed by atoms with E-state index < -0.39 is 5.41 Å². The monoisotopic (exact) mass is 323 g/mol.